The summed E-state index contributed by atoms with van der Waals surface area (Å²) in [4.78, 5) is 6.21. The zero-order chi connectivity index (χ0) is 13.2. The van der Waals surface area contributed by atoms with Gasteiger partial charge in [0.1, 0.15) is 11.4 Å². The molecule has 0 aliphatic carbocycles. The average molecular weight is 263 g/mol. The number of aromatic nitrogens is 1. The summed E-state index contributed by atoms with van der Waals surface area (Å²) in [6.07, 6.45) is 3.33. The molecule has 0 aliphatic rings. The van der Waals surface area contributed by atoms with Gasteiger partial charge in [-0.25, -0.2) is 0 Å². The summed E-state index contributed by atoms with van der Waals surface area (Å²) in [5.74, 6) is 0.684. The second-order valence-corrected chi connectivity index (χ2v) is 5.61. The number of pyridine rings is 1. The molecular weight excluding hydrogens is 246 g/mol. The van der Waals surface area contributed by atoms with Crippen molar-refractivity contribution >= 4 is 11.3 Å². The van der Waals surface area contributed by atoms with Crippen LogP contribution < -0.4 is 4.74 Å². The van der Waals surface area contributed by atoms with Crippen molar-refractivity contribution in [2.24, 2.45) is 0 Å². The van der Waals surface area contributed by atoms with Gasteiger partial charge in [-0.1, -0.05) is 0 Å². The summed E-state index contributed by atoms with van der Waals surface area (Å²) in [7, 11) is 0. The van der Waals surface area contributed by atoms with Crippen molar-refractivity contribution in [2.45, 2.75) is 26.4 Å². The molecular formula is C14H17NO2S. The zero-order valence-corrected chi connectivity index (χ0v) is 11.6. The lowest BCUT2D eigenvalue weighted by Gasteiger charge is -2.22. The van der Waals surface area contributed by atoms with Crippen LogP contribution in [0.3, 0.4) is 0 Å². The minimum absolute atomic E-state index is 0.589. The number of ether oxygens (including phenoxy) is 1. The van der Waals surface area contributed by atoms with Crippen molar-refractivity contribution in [1.29, 1.82) is 0 Å². The predicted octanol–water partition coefficient (Wildman–Crippen LogP) is 3.11. The molecule has 2 rings (SSSR count). The number of hydrogen-bond acceptors (Lipinski definition) is 4. The van der Waals surface area contributed by atoms with E-state index in [-0.39, 0.29) is 0 Å². The van der Waals surface area contributed by atoms with E-state index in [2.05, 4.69) is 4.98 Å². The molecule has 0 fully saturated rings. The Kier molecular flexibility index (Phi) is 3.68. The first-order valence-electron chi connectivity index (χ1n) is 5.91. The van der Waals surface area contributed by atoms with Gasteiger partial charge in [-0.2, -0.15) is 0 Å². The number of aliphatic hydroxyl groups is 1. The minimum Gasteiger partial charge on any atom is -0.492 e. The molecule has 3 nitrogen and oxygen atoms in total. The van der Waals surface area contributed by atoms with E-state index >= 15 is 0 Å². The minimum atomic E-state index is -1.03. The van der Waals surface area contributed by atoms with Crippen LogP contribution in [0, 0.1) is 6.92 Å². The van der Waals surface area contributed by atoms with E-state index in [1.807, 2.05) is 32.0 Å². The Hall–Kier alpha value is -1.39. The Labute approximate surface area is 111 Å². The number of nitrogens with zero attached hydrogens (tertiary/aromatic N) is 1. The van der Waals surface area contributed by atoms with Crippen LogP contribution in [0.1, 0.15) is 29.2 Å². The van der Waals surface area contributed by atoms with Crippen LogP contribution in [0.25, 0.3) is 0 Å². The van der Waals surface area contributed by atoms with Crippen molar-refractivity contribution < 1.29 is 9.84 Å². The maximum atomic E-state index is 10.7. The molecule has 0 aromatic carbocycles. The van der Waals surface area contributed by atoms with E-state index in [0.717, 1.165) is 10.4 Å². The molecule has 4 heteroatoms. The monoisotopic (exact) mass is 263 g/mol. The molecule has 2 aromatic rings. The first kappa shape index (κ1) is 13.1. The highest BCUT2D eigenvalue weighted by Gasteiger charge is 2.28. The van der Waals surface area contributed by atoms with Crippen LogP contribution >= 0.6 is 11.3 Å². The van der Waals surface area contributed by atoms with E-state index < -0.39 is 5.60 Å². The molecule has 1 unspecified atom stereocenters. The number of rotatable bonds is 4. The van der Waals surface area contributed by atoms with E-state index in [0.29, 0.717) is 12.4 Å². The van der Waals surface area contributed by atoms with Crippen LogP contribution in [-0.4, -0.2) is 16.7 Å². The van der Waals surface area contributed by atoms with Gasteiger partial charge in [0.15, 0.2) is 0 Å². The highest BCUT2D eigenvalue weighted by atomic mass is 32.1. The third-order valence-electron chi connectivity index (χ3n) is 2.81. The van der Waals surface area contributed by atoms with Crippen LogP contribution in [0.4, 0.5) is 0 Å². The summed E-state index contributed by atoms with van der Waals surface area (Å²) in [5.41, 5.74) is -0.283. The van der Waals surface area contributed by atoms with Crippen molar-refractivity contribution in [3.8, 4) is 5.75 Å². The van der Waals surface area contributed by atoms with E-state index in [4.69, 9.17) is 4.74 Å². The Morgan fingerprint density at radius 3 is 2.78 bits per heavy atom. The Bertz CT molecular complexity index is 534. The summed E-state index contributed by atoms with van der Waals surface area (Å²) in [6, 6.07) is 5.80. The highest BCUT2D eigenvalue weighted by molar-refractivity contribution is 7.12. The number of hydrogen-bond donors (Lipinski definition) is 1. The molecule has 0 saturated heterocycles. The van der Waals surface area contributed by atoms with Gasteiger partial charge in [0.2, 0.25) is 0 Å². The second-order valence-electron chi connectivity index (χ2n) is 4.32. The third-order valence-corrected chi connectivity index (χ3v) is 4.02. The van der Waals surface area contributed by atoms with Crippen LogP contribution in [0.5, 0.6) is 5.75 Å². The lowest BCUT2D eigenvalue weighted by Crippen LogP contribution is -2.21. The largest absolute Gasteiger partial charge is 0.492 e. The van der Waals surface area contributed by atoms with E-state index in [1.54, 1.807) is 30.7 Å². The molecule has 2 heterocycles. The van der Waals surface area contributed by atoms with E-state index in [9.17, 15) is 5.11 Å². The molecule has 0 spiro atoms. The Balaban J connectivity index is 2.37. The third kappa shape index (κ3) is 2.54. The smallest absolute Gasteiger partial charge is 0.137 e. The van der Waals surface area contributed by atoms with Gasteiger partial charge in [0.05, 0.1) is 12.8 Å². The topological polar surface area (TPSA) is 42.4 Å². The molecule has 18 heavy (non-hydrogen) atoms. The standard InChI is InChI=1S/C14H17NO2S/c1-4-17-12-7-11(8-15-9-12)14(3,16)13-6-5-10(2)18-13/h5-9,16H,4H2,1-3H3. The van der Waals surface area contributed by atoms with Gasteiger partial charge in [0.25, 0.3) is 0 Å². The van der Waals surface area contributed by atoms with Gasteiger partial charge >= 0.3 is 0 Å². The second kappa shape index (κ2) is 5.08. The first-order valence-corrected chi connectivity index (χ1v) is 6.73. The normalized spacial score (nSPS) is 14.2. The predicted molar refractivity (Wildman–Crippen MR) is 73.1 cm³/mol. The van der Waals surface area contributed by atoms with Crippen molar-refractivity contribution in [3.63, 3.8) is 0 Å². The van der Waals surface area contributed by atoms with Crippen molar-refractivity contribution in [3.05, 3.63) is 45.9 Å². The molecule has 1 N–H and O–H groups in total. The van der Waals surface area contributed by atoms with Crippen molar-refractivity contribution in [2.75, 3.05) is 6.61 Å². The van der Waals surface area contributed by atoms with Gasteiger partial charge < -0.3 is 9.84 Å². The quantitative estimate of drug-likeness (QED) is 0.921. The fourth-order valence-corrected chi connectivity index (χ4v) is 2.70. The molecule has 96 valence electrons. The lowest BCUT2D eigenvalue weighted by atomic mass is 9.96. The average Bonchev–Trinajstić information content (AvgIpc) is 2.77. The molecule has 0 saturated carbocycles. The molecule has 0 aliphatic heterocycles. The Morgan fingerprint density at radius 1 is 1.39 bits per heavy atom. The fourth-order valence-electron chi connectivity index (χ4n) is 1.77. The summed E-state index contributed by atoms with van der Waals surface area (Å²) in [6.45, 7) is 6.32. The summed E-state index contributed by atoms with van der Waals surface area (Å²) in [5, 5.41) is 10.7. The Morgan fingerprint density at radius 2 is 2.17 bits per heavy atom. The molecule has 0 amide bonds. The zero-order valence-electron chi connectivity index (χ0n) is 10.8. The molecule has 0 radical (unpaired) electrons. The SMILES string of the molecule is CCOc1cncc(C(C)(O)c2ccc(C)s2)c1. The molecule has 2 aromatic heterocycles. The van der Waals surface area contributed by atoms with Crippen molar-refractivity contribution in [1.82, 2.24) is 4.98 Å². The van der Waals surface area contributed by atoms with Crippen LogP contribution in [0.15, 0.2) is 30.6 Å². The molecule has 1 atom stereocenters. The number of aryl methyl sites for hydroxylation is 1. The maximum absolute atomic E-state index is 10.7. The maximum Gasteiger partial charge on any atom is 0.137 e. The fraction of sp³-hybridized carbons (Fsp3) is 0.357. The molecule has 0 bridgehead atoms. The lowest BCUT2D eigenvalue weighted by molar-refractivity contribution is 0.105. The number of thiophene rings is 1. The van der Waals surface area contributed by atoms with Gasteiger partial charge in [0, 0.05) is 21.5 Å². The highest BCUT2D eigenvalue weighted by Crippen LogP contribution is 2.34. The summed E-state index contributed by atoms with van der Waals surface area (Å²) >= 11 is 1.59. The van der Waals surface area contributed by atoms with Crippen LogP contribution in [-0.2, 0) is 5.60 Å². The van der Waals surface area contributed by atoms with Gasteiger partial charge in [-0.05, 0) is 39.0 Å². The first-order chi connectivity index (χ1) is 8.54. The van der Waals surface area contributed by atoms with Crippen LogP contribution in [0.2, 0.25) is 0 Å². The van der Waals surface area contributed by atoms with Gasteiger partial charge in [-0.15, -0.1) is 11.3 Å². The van der Waals surface area contributed by atoms with Gasteiger partial charge in [-0.3, -0.25) is 4.98 Å². The summed E-state index contributed by atoms with van der Waals surface area (Å²) < 4.78 is 5.41. The van der Waals surface area contributed by atoms with E-state index in [1.165, 1.54) is 4.88 Å².